The van der Waals surface area contributed by atoms with Gasteiger partial charge in [-0.25, -0.2) is 0 Å². The van der Waals surface area contributed by atoms with Crippen molar-refractivity contribution in [3.8, 4) is 0 Å². The van der Waals surface area contributed by atoms with Crippen molar-refractivity contribution in [2.45, 2.75) is 46.0 Å². The maximum atomic E-state index is 5.62. The molecule has 0 atom stereocenters. The molecule has 0 rings (SSSR count). The van der Waals surface area contributed by atoms with E-state index in [4.69, 9.17) is 5.73 Å². The van der Waals surface area contributed by atoms with Gasteiger partial charge in [-0.2, -0.15) is 0 Å². The Kier molecular flexibility index (Phi) is 6.35. The number of rotatable bonds is 5. The van der Waals surface area contributed by atoms with Gasteiger partial charge in [0.1, 0.15) is 0 Å². The second-order valence-corrected chi connectivity index (χ2v) is 2.67. The Morgan fingerprint density at radius 2 is 2.00 bits per heavy atom. The molecular weight excluding hydrogens is 122 g/mol. The molecule has 1 heteroatoms. The summed E-state index contributed by atoms with van der Waals surface area (Å²) in [4.78, 5) is 0. The highest BCUT2D eigenvalue weighted by atomic mass is 14.6. The maximum absolute atomic E-state index is 5.62. The average Bonchev–Trinajstić information content (AvgIpc) is 1.98. The molecule has 0 amide bonds. The molecule has 0 aromatic carbocycles. The van der Waals surface area contributed by atoms with E-state index in [2.05, 4.69) is 6.92 Å². The van der Waals surface area contributed by atoms with Crippen molar-refractivity contribution in [1.29, 1.82) is 0 Å². The standard InChI is InChI=1S/C9H19N/c1-3-5-6-7-8-9(10)4-2/h4H,3,5-8,10H2,1-2H3/b9-4-. The van der Waals surface area contributed by atoms with Gasteiger partial charge < -0.3 is 5.73 Å². The van der Waals surface area contributed by atoms with Gasteiger partial charge in [-0.3, -0.25) is 0 Å². The van der Waals surface area contributed by atoms with Crippen LogP contribution in [-0.4, -0.2) is 0 Å². The lowest BCUT2D eigenvalue weighted by molar-refractivity contribution is 0.662. The SMILES string of the molecule is C/C=C(\N)CCCCCC. The molecule has 0 aliphatic heterocycles. The first-order valence-electron chi connectivity index (χ1n) is 4.22. The Morgan fingerprint density at radius 3 is 2.50 bits per heavy atom. The summed E-state index contributed by atoms with van der Waals surface area (Å²) in [5.41, 5.74) is 6.65. The molecule has 0 fully saturated rings. The first-order valence-corrected chi connectivity index (χ1v) is 4.22. The van der Waals surface area contributed by atoms with Crippen molar-refractivity contribution in [3.63, 3.8) is 0 Å². The quantitative estimate of drug-likeness (QED) is 0.585. The maximum Gasteiger partial charge on any atom is 0.00371 e. The van der Waals surface area contributed by atoms with E-state index in [1.165, 1.54) is 25.7 Å². The predicted molar refractivity (Wildman–Crippen MR) is 46.7 cm³/mol. The normalized spacial score (nSPS) is 12.0. The Balaban J connectivity index is 3.04. The van der Waals surface area contributed by atoms with E-state index in [0.717, 1.165) is 12.1 Å². The van der Waals surface area contributed by atoms with E-state index in [1.807, 2.05) is 13.0 Å². The van der Waals surface area contributed by atoms with Crippen LogP contribution in [0.5, 0.6) is 0 Å². The van der Waals surface area contributed by atoms with E-state index in [0.29, 0.717) is 0 Å². The van der Waals surface area contributed by atoms with Gasteiger partial charge in [-0.1, -0.05) is 32.3 Å². The van der Waals surface area contributed by atoms with Crippen LogP contribution in [0.1, 0.15) is 46.0 Å². The summed E-state index contributed by atoms with van der Waals surface area (Å²) in [6, 6.07) is 0. The van der Waals surface area contributed by atoms with Crippen molar-refractivity contribution in [3.05, 3.63) is 11.8 Å². The molecule has 10 heavy (non-hydrogen) atoms. The lowest BCUT2D eigenvalue weighted by Gasteiger charge is -1.98. The molecule has 60 valence electrons. The third-order valence-corrected chi connectivity index (χ3v) is 1.69. The van der Waals surface area contributed by atoms with E-state index < -0.39 is 0 Å². The summed E-state index contributed by atoms with van der Waals surface area (Å²) >= 11 is 0. The number of unbranched alkanes of at least 4 members (excludes halogenated alkanes) is 3. The summed E-state index contributed by atoms with van der Waals surface area (Å²) in [5.74, 6) is 0. The summed E-state index contributed by atoms with van der Waals surface area (Å²) in [6.45, 7) is 4.22. The Bertz CT molecular complexity index is 94.9. The van der Waals surface area contributed by atoms with Crippen molar-refractivity contribution < 1.29 is 0 Å². The largest absolute Gasteiger partial charge is 0.402 e. The van der Waals surface area contributed by atoms with Gasteiger partial charge in [0.25, 0.3) is 0 Å². The smallest absolute Gasteiger partial charge is 0.00371 e. The molecule has 2 N–H and O–H groups in total. The minimum atomic E-state index is 1.04. The molecule has 0 aliphatic rings. The zero-order valence-electron chi connectivity index (χ0n) is 7.19. The molecule has 0 heterocycles. The van der Waals surface area contributed by atoms with Gasteiger partial charge >= 0.3 is 0 Å². The molecule has 0 aromatic heterocycles. The monoisotopic (exact) mass is 141 g/mol. The number of nitrogens with two attached hydrogens (primary N) is 1. The highest BCUT2D eigenvalue weighted by Crippen LogP contribution is 2.05. The van der Waals surface area contributed by atoms with Gasteiger partial charge in [-0.15, -0.1) is 0 Å². The van der Waals surface area contributed by atoms with E-state index in [1.54, 1.807) is 0 Å². The van der Waals surface area contributed by atoms with E-state index >= 15 is 0 Å². The second-order valence-electron chi connectivity index (χ2n) is 2.67. The fraction of sp³-hybridized carbons (Fsp3) is 0.778. The van der Waals surface area contributed by atoms with Crippen LogP contribution in [-0.2, 0) is 0 Å². The lowest BCUT2D eigenvalue weighted by atomic mass is 10.1. The Morgan fingerprint density at radius 1 is 1.30 bits per heavy atom. The van der Waals surface area contributed by atoms with Crippen molar-refractivity contribution >= 4 is 0 Å². The molecule has 0 bridgehead atoms. The fourth-order valence-corrected chi connectivity index (χ4v) is 0.900. The summed E-state index contributed by atoms with van der Waals surface area (Å²) in [7, 11) is 0. The third kappa shape index (κ3) is 5.67. The molecular formula is C9H19N. The van der Waals surface area contributed by atoms with Gasteiger partial charge in [0.05, 0.1) is 0 Å². The summed E-state index contributed by atoms with van der Waals surface area (Å²) < 4.78 is 0. The molecule has 1 nitrogen and oxygen atoms in total. The van der Waals surface area contributed by atoms with Crippen LogP contribution in [0.3, 0.4) is 0 Å². The minimum absolute atomic E-state index is 1.04. The summed E-state index contributed by atoms with van der Waals surface area (Å²) in [5, 5.41) is 0. The van der Waals surface area contributed by atoms with Crippen molar-refractivity contribution in [2.24, 2.45) is 5.73 Å². The molecule has 0 aliphatic carbocycles. The molecule has 0 aromatic rings. The zero-order valence-corrected chi connectivity index (χ0v) is 7.19. The molecule has 0 saturated carbocycles. The average molecular weight is 141 g/mol. The van der Waals surface area contributed by atoms with Gasteiger partial charge in [0.15, 0.2) is 0 Å². The van der Waals surface area contributed by atoms with Gasteiger partial charge in [0.2, 0.25) is 0 Å². The predicted octanol–water partition coefficient (Wildman–Crippen LogP) is 2.82. The molecule has 0 saturated heterocycles. The molecule has 0 unspecified atom stereocenters. The lowest BCUT2D eigenvalue weighted by Crippen LogP contribution is -1.95. The number of hydrogen-bond donors (Lipinski definition) is 1. The van der Waals surface area contributed by atoms with Crippen LogP contribution in [0.25, 0.3) is 0 Å². The van der Waals surface area contributed by atoms with E-state index in [9.17, 15) is 0 Å². The van der Waals surface area contributed by atoms with E-state index in [-0.39, 0.29) is 0 Å². The first-order chi connectivity index (χ1) is 4.81. The summed E-state index contributed by atoms with van der Waals surface area (Å²) in [6.07, 6.45) is 8.30. The first kappa shape index (κ1) is 9.54. The van der Waals surface area contributed by atoms with Crippen LogP contribution in [0, 0.1) is 0 Å². The van der Waals surface area contributed by atoms with Crippen LogP contribution < -0.4 is 5.73 Å². The minimum Gasteiger partial charge on any atom is -0.402 e. The fourth-order valence-electron chi connectivity index (χ4n) is 0.900. The third-order valence-electron chi connectivity index (χ3n) is 1.69. The second kappa shape index (κ2) is 6.66. The van der Waals surface area contributed by atoms with Crippen molar-refractivity contribution in [1.82, 2.24) is 0 Å². The topological polar surface area (TPSA) is 26.0 Å². The van der Waals surface area contributed by atoms with Gasteiger partial charge in [-0.05, 0) is 19.8 Å². The number of hydrogen-bond acceptors (Lipinski definition) is 1. The van der Waals surface area contributed by atoms with Crippen LogP contribution in [0.2, 0.25) is 0 Å². The Labute approximate surface area is 64.3 Å². The highest BCUT2D eigenvalue weighted by molar-refractivity contribution is 4.92. The Hall–Kier alpha value is -0.460. The molecule has 0 radical (unpaired) electrons. The molecule has 0 spiro atoms. The number of allylic oxidation sites excluding steroid dienone is 2. The van der Waals surface area contributed by atoms with Gasteiger partial charge in [0, 0.05) is 5.70 Å². The van der Waals surface area contributed by atoms with Crippen LogP contribution in [0.4, 0.5) is 0 Å². The van der Waals surface area contributed by atoms with Crippen LogP contribution in [0.15, 0.2) is 11.8 Å². The van der Waals surface area contributed by atoms with Crippen LogP contribution >= 0.6 is 0 Å². The highest BCUT2D eigenvalue weighted by Gasteiger charge is 1.88. The zero-order chi connectivity index (χ0) is 7.82. The van der Waals surface area contributed by atoms with Crippen molar-refractivity contribution in [2.75, 3.05) is 0 Å².